The molecule has 0 aliphatic carbocycles. The highest BCUT2D eigenvalue weighted by Gasteiger charge is 2.44. The molecule has 0 aliphatic rings. The van der Waals surface area contributed by atoms with Gasteiger partial charge in [0.05, 0.1) is 17.8 Å². The minimum atomic E-state index is -1.77. The Kier molecular flexibility index (Phi) is 6.85. The number of aromatic nitrogens is 1. The second-order valence-electron chi connectivity index (χ2n) is 6.30. The molecule has 0 aliphatic heterocycles. The van der Waals surface area contributed by atoms with Gasteiger partial charge in [-0.1, -0.05) is 41.5 Å². The standard InChI is InChI=1S/C15H29NO2SSi/c1-11(2)20(12(3)4,13(5)6)18-8-7-15-14(9-17)16-10-19-15/h10-13,17H,7-9H2,1-6H3. The van der Waals surface area contributed by atoms with Crippen LogP contribution < -0.4 is 0 Å². The highest BCUT2D eigenvalue weighted by Crippen LogP contribution is 2.42. The molecule has 0 atom stereocenters. The Morgan fingerprint density at radius 2 is 1.70 bits per heavy atom. The first-order chi connectivity index (χ1) is 9.36. The minimum Gasteiger partial charge on any atom is -0.416 e. The summed E-state index contributed by atoms with van der Waals surface area (Å²) < 4.78 is 6.52. The van der Waals surface area contributed by atoms with E-state index in [1.807, 2.05) is 0 Å². The molecule has 0 unspecified atom stereocenters. The number of hydrogen-bond acceptors (Lipinski definition) is 4. The van der Waals surface area contributed by atoms with E-state index in [0.717, 1.165) is 23.6 Å². The fourth-order valence-electron chi connectivity index (χ4n) is 3.45. The first-order valence-corrected chi connectivity index (χ1v) is 10.5. The second kappa shape index (κ2) is 7.68. The van der Waals surface area contributed by atoms with Crippen molar-refractivity contribution in [3.8, 4) is 0 Å². The summed E-state index contributed by atoms with van der Waals surface area (Å²) in [5.74, 6) is 0. The molecule has 0 saturated heterocycles. The lowest BCUT2D eigenvalue weighted by atomic mass is 10.3. The average Bonchev–Trinajstić information content (AvgIpc) is 2.80. The molecular formula is C15H29NO2SSi. The molecule has 1 heterocycles. The van der Waals surface area contributed by atoms with E-state index in [2.05, 4.69) is 46.5 Å². The van der Waals surface area contributed by atoms with E-state index in [0.29, 0.717) is 16.6 Å². The number of aliphatic hydroxyl groups is 1. The van der Waals surface area contributed by atoms with Gasteiger partial charge in [-0.3, -0.25) is 0 Å². The van der Waals surface area contributed by atoms with Gasteiger partial charge >= 0.3 is 0 Å². The van der Waals surface area contributed by atoms with E-state index in [1.165, 1.54) is 0 Å². The average molecular weight is 316 g/mol. The molecular weight excluding hydrogens is 286 g/mol. The molecule has 1 aromatic heterocycles. The SMILES string of the molecule is CC(C)[Si](OCCc1scnc1CO)(C(C)C)C(C)C. The number of rotatable bonds is 8. The number of aliphatic hydroxyl groups excluding tert-OH is 1. The summed E-state index contributed by atoms with van der Waals surface area (Å²) >= 11 is 1.61. The zero-order chi connectivity index (χ0) is 15.3. The van der Waals surface area contributed by atoms with Crippen molar-refractivity contribution in [3.63, 3.8) is 0 Å². The molecule has 5 heteroatoms. The Morgan fingerprint density at radius 1 is 1.15 bits per heavy atom. The summed E-state index contributed by atoms with van der Waals surface area (Å²) in [6.45, 7) is 14.6. The maximum Gasteiger partial charge on any atom is 0.200 e. The lowest BCUT2D eigenvalue weighted by Gasteiger charge is -2.42. The first kappa shape index (κ1) is 17.8. The van der Waals surface area contributed by atoms with Crippen LogP contribution in [0.2, 0.25) is 16.6 Å². The van der Waals surface area contributed by atoms with Gasteiger partial charge in [-0.15, -0.1) is 11.3 Å². The molecule has 1 rings (SSSR count). The van der Waals surface area contributed by atoms with Crippen molar-refractivity contribution in [3.05, 3.63) is 16.1 Å². The van der Waals surface area contributed by atoms with E-state index >= 15 is 0 Å². The van der Waals surface area contributed by atoms with Gasteiger partial charge in [0.15, 0.2) is 8.32 Å². The molecule has 0 fully saturated rings. The van der Waals surface area contributed by atoms with E-state index in [9.17, 15) is 5.11 Å². The van der Waals surface area contributed by atoms with Crippen LogP contribution in [-0.2, 0) is 17.5 Å². The van der Waals surface area contributed by atoms with Crippen LogP contribution >= 0.6 is 11.3 Å². The zero-order valence-corrected chi connectivity index (χ0v) is 15.5. The van der Waals surface area contributed by atoms with Gasteiger partial charge in [0.1, 0.15) is 0 Å². The van der Waals surface area contributed by atoms with Crippen LogP contribution in [0.4, 0.5) is 0 Å². The van der Waals surface area contributed by atoms with E-state index in [-0.39, 0.29) is 6.61 Å². The highest BCUT2D eigenvalue weighted by atomic mass is 32.1. The topological polar surface area (TPSA) is 42.4 Å². The van der Waals surface area contributed by atoms with Crippen molar-refractivity contribution < 1.29 is 9.53 Å². The third-order valence-corrected chi connectivity index (χ3v) is 11.3. The summed E-state index contributed by atoms with van der Waals surface area (Å²) in [6.07, 6.45) is 0.863. The van der Waals surface area contributed by atoms with Crippen molar-refractivity contribution in [2.24, 2.45) is 0 Å². The molecule has 116 valence electrons. The minimum absolute atomic E-state index is 0.0277. The van der Waals surface area contributed by atoms with Crippen molar-refractivity contribution in [2.75, 3.05) is 6.61 Å². The van der Waals surface area contributed by atoms with Gasteiger partial charge in [-0.25, -0.2) is 4.98 Å². The van der Waals surface area contributed by atoms with Gasteiger partial charge in [-0.2, -0.15) is 0 Å². The van der Waals surface area contributed by atoms with Crippen LogP contribution in [0.3, 0.4) is 0 Å². The fourth-order valence-corrected chi connectivity index (χ4v) is 9.66. The van der Waals surface area contributed by atoms with Crippen LogP contribution in [0.1, 0.15) is 52.1 Å². The smallest absolute Gasteiger partial charge is 0.200 e. The molecule has 3 nitrogen and oxygen atoms in total. The van der Waals surface area contributed by atoms with Crippen molar-refractivity contribution in [2.45, 2.75) is 71.2 Å². The first-order valence-electron chi connectivity index (χ1n) is 7.52. The molecule has 1 aromatic rings. The van der Waals surface area contributed by atoms with Gasteiger partial charge in [0, 0.05) is 17.9 Å². The van der Waals surface area contributed by atoms with Crippen LogP contribution in [0.25, 0.3) is 0 Å². The van der Waals surface area contributed by atoms with E-state index in [1.54, 1.807) is 16.8 Å². The fraction of sp³-hybridized carbons (Fsp3) is 0.800. The molecule has 0 aromatic carbocycles. The van der Waals surface area contributed by atoms with Crippen LogP contribution in [0.5, 0.6) is 0 Å². The largest absolute Gasteiger partial charge is 0.416 e. The lowest BCUT2D eigenvalue weighted by Crippen LogP contribution is -2.48. The summed E-state index contributed by atoms with van der Waals surface area (Å²) in [5, 5.41) is 9.24. The van der Waals surface area contributed by atoms with Crippen molar-refractivity contribution in [1.82, 2.24) is 4.98 Å². The van der Waals surface area contributed by atoms with Gasteiger partial charge in [-0.05, 0) is 16.6 Å². The summed E-state index contributed by atoms with van der Waals surface area (Å²) in [4.78, 5) is 5.34. The predicted octanol–water partition coefficient (Wildman–Crippen LogP) is 4.37. The molecule has 0 spiro atoms. The second-order valence-corrected chi connectivity index (χ2v) is 12.7. The molecule has 0 saturated carbocycles. The quantitative estimate of drug-likeness (QED) is 0.724. The van der Waals surface area contributed by atoms with Crippen LogP contribution in [0.15, 0.2) is 5.51 Å². The Bertz CT molecular complexity index is 383. The van der Waals surface area contributed by atoms with Crippen LogP contribution in [0, 0.1) is 0 Å². The Balaban J connectivity index is 2.73. The predicted molar refractivity (Wildman–Crippen MR) is 88.7 cm³/mol. The Labute approximate surface area is 128 Å². The normalized spacial score (nSPS) is 12.9. The van der Waals surface area contributed by atoms with Crippen molar-refractivity contribution >= 4 is 19.7 Å². The summed E-state index contributed by atoms with van der Waals surface area (Å²) in [7, 11) is -1.77. The van der Waals surface area contributed by atoms with Gasteiger partial charge in [0.25, 0.3) is 0 Å². The molecule has 0 radical (unpaired) electrons. The lowest BCUT2D eigenvalue weighted by molar-refractivity contribution is 0.269. The molecule has 1 N–H and O–H groups in total. The zero-order valence-electron chi connectivity index (χ0n) is 13.6. The number of nitrogens with zero attached hydrogens (tertiary/aromatic N) is 1. The number of hydrogen-bond donors (Lipinski definition) is 1. The highest BCUT2D eigenvalue weighted by molar-refractivity contribution is 7.09. The van der Waals surface area contributed by atoms with Crippen molar-refractivity contribution in [1.29, 1.82) is 0 Å². The molecule has 0 amide bonds. The Morgan fingerprint density at radius 3 is 2.15 bits per heavy atom. The third-order valence-electron chi connectivity index (χ3n) is 4.26. The van der Waals surface area contributed by atoms with Gasteiger partial charge < -0.3 is 9.53 Å². The third kappa shape index (κ3) is 3.69. The maximum atomic E-state index is 9.24. The number of thiazole rings is 1. The Hall–Kier alpha value is -0.233. The van der Waals surface area contributed by atoms with Crippen LogP contribution in [-0.4, -0.2) is 25.0 Å². The maximum absolute atomic E-state index is 9.24. The summed E-state index contributed by atoms with van der Waals surface area (Å²) in [6, 6.07) is 0. The summed E-state index contributed by atoms with van der Waals surface area (Å²) in [5.41, 5.74) is 4.45. The van der Waals surface area contributed by atoms with E-state index in [4.69, 9.17) is 4.43 Å². The molecule has 0 bridgehead atoms. The monoisotopic (exact) mass is 315 g/mol. The molecule has 20 heavy (non-hydrogen) atoms. The van der Waals surface area contributed by atoms with E-state index < -0.39 is 8.32 Å². The van der Waals surface area contributed by atoms with Gasteiger partial charge in [0.2, 0.25) is 0 Å².